The lowest BCUT2D eigenvalue weighted by Crippen LogP contribution is -2.32. The van der Waals surface area contributed by atoms with Gasteiger partial charge in [0.05, 0.1) is 6.61 Å². The fourth-order valence-electron chi connectivity index (χ4n) is 2.82. The van der Waals surface area contributed by atoms with Crippen LogP contribution in [0.25, 0.3) is 0 Å². The van der Waals surface area contributed by atoms with E-state index in [-0.39, 0.29) is 5.56 Å². The van der Waals surface area contributed by atoms with Gasteiger partial charge in [0.2, 0.25) is 0 Å². The molecule has 0 spiro atoms. The average molecular weight is 264 g/mol. The van der Waals surface area contributed by atoms with Gasteiger partial charge in [0.1, 0.15) is 0 Å². The zero-order chi connectivity index (χ0) is 13.7. The van der Waals surface area contributed by atoms with Crippen molar-refractivity contribution in [2.45, 2.75) is 45.2 Å². The Bertz CT molecular complexity index is 468. The molecular weight excluding hydrogens is 240 g/mol. The Morgan fingerprint density at radius 1 is 1.47 bits per heavy atom. The highest BCUT2D eigenvalue weighted by molar-refractivity contribution is 5.27. The summed E-state index contributed by atoms with van der Waals surface area (Å²) in [6, 6.07) is 4.10. The highest BCUT2D eigenvalue weighted by Crippen LogP contribution is 2.28. The summed E-state index contributed by atoms with van der Waals surface area (Å²) >= 11 is 0. The quantitative estimate of drug-likeness (QED) is 0.853. The van der Waals surface area contributed by atoms with Gasteiger partial charge >= 0.3 is 0 Å². The first-order chi connectivity index (χ1) is 9.27. The van der Waals surface area contributed by atoms with E-state index < -0.39 is 0 Å². The zero-order valence-electron chi connectivity index (χ0n) is 11.9. The lowest BCUT2D eigenvalue weighted by atomic mass is 9.90. The Morgan fingerprint density at radius 2 is 2.32 bits per heavy atom. The number of hydrogen-bond donors (Lipinski definition) is 1. The molecule has 0 saturated heterocycles. The largest absolute Gasteiger partial charge is 0.383 e. The van der Waals surface area contributed by atoms with Crippen molar-refractivity contribution in [3.8, 4) is 0 Å². The van der Waals surface area contributed by atoms with Crippen LogP contribution < -0.4 is 10.9 Å². The van der Waals surface area contributed by atoms with Crippen LogP contribution in [0.1, 0.15) is 43.5 Å². The summed E-state index contributed by atoms with van der Waals surface area (Å²) in [5.74, 6) is 0. The van der Waals surface area contributed by atoms with Crippen LogP contribution in [-0.2, 0) is 17.7 Å². The van der Waals surface area contributed by atoms with E-state index in [0.717, 1.165) is 32.2 Å². The highest BCUT2D eigenvalue weighted by atomic mass is 16.5. The number of hydrogen-bond acceptors (Lipinski definition) is 3. The maximum atomic E-state index is 12.0. The van der Waals surface area contributed by atoms with Crippen molar-refractivity contribution in [1.82, 2.24) is 9.88 Å². The molecule has 1 aromatic rings. The number of ether oxygens (including phenoxy) is 1. The van der Waals surface area contributed by atoms with Crippen LogP contribution in [0.2, 0.25) is 0 Å². The van der Waals surface area contributed by atoms with Gasteiger partial charge in [-0.1, -0.05) is 13.0 Å². The van der Waals surface area contributed by atoms with Gasteiger partial charge in [-0.3, -0.25) is 4.79 Å². The molecule has 0 aromatic carbocycles. The summed E-state index contributed by atoms with van der Waals surface area (Å²) in [5.41, 5.74) is 2.59. The van der Waals surface area contributed by atoms with Crippen LogP contribution in [0.3, 0.4) is 0 Å². The van der Waals surface area contributed by atoms with Crippen molar-refractivity contribution in [3.05, 3.63) is 33.7 Å². The summed E-state index contributed by atoms with van der Waals surface area (Å²) in [7, 11) is 1.67. The number of pyridine rings is 1. The van der Waals surface area contributed by atoms with Crippen molar-refractivity contribution in [2.75, 3.05) is 20.3 Å². The monoisotopic (exact) mass is 264 g/mol. The molecule has 0 bridgehead atoms. The van der Waals surface area contributed by atoms with E-state index in [1.807, 2.05) is 10.6 Å². The van der Waals surface area contributed by atoms with Gasteiger partial charge in [0, 0.05) is 31.5 Å². The van der Waals surface area contributed by atoms with Crippen LogP contribution in [0.4, 0.5) is 0 Å². The smallest absolute Gasteiger partial charge is 0.250 e. The third-order valence-corrected chi connectivity index (χ3v) is 3.77. The molecule has 0 fully saturated rings. The molecule has 4 nitrogen and oxygen atoms in total. The number of fused-ring (bicyclic) bond motifs is 1. The number of methoxy groups -OCH3 is 1. The second kappa shape index (κ2) is 6.87. The third-order valence-electron chi connectivity index (χ3n) is 3.77. The van der Waals surface area contributed by atoms with E-state index in [1.165, 1.54) is 11.3 Å². The number of nitrogens with zero attached hydrogens (tertiary/aromatic N) is 1. The molecule has 1 N–H and O–H groups in total. The van der Waals surface area contributed by atoms with Gasteiger partial charge in [-0.25, -0.2) is 0 Å². The van der Waals surface area contributed by atoms with Gasteiger partial charge in [-0.2, -0.15) is 0 Å². The third kappa shape index (κ3) is 3.25. The normalized spacial score (nSPS) is 18.3. The van der Waals surface area contributed by atoms with E-state index in [2.05, 4.69) is 12.2 Å². The van der Waals surface area contributed by atoms with Crippen LogP contribution in [0.15, 0.2) is 16.9 Å². The van der Waals surface area contributed by atoms with Crippen LogP contribution in [0, 0.1) is 0 Å². The molecule has 1 unspecified atom stereocenters. The van der Waals surface area contributed by atoms with Crippen LogP contribution in [0.5, 0.6) is 0 Å². The molecule has 0 amide bonds. The predicted molar refractivity (Wildman–Crippen MR) is 76.6 cm³/mol. The standard InChI is InChI=1S/C15H24N2O2/c1-3-9-16-13-5-4-6-14-12(13)7-8-15(18)17(14)10-11-19-2/h7-8,13,16H,3-6,9-11H2,1-2H3. The Balaban J connectivity index is 2.29. The van der Waals surface area contributed by atoms with Gasteiger partial charge in [-0.15, -0.1) is 0 Å². The lowest BCUT2D eigenvalue weighted by molar-refractivity contribution is 0.184. The molecule has 19 heavy (non-hydrogen) atoms. The first-order valence-corrected chi connectivity index (χ1v) is 7.22. The molecular formula is C15H24N2O2. The molecule has 0 saturated carbocycles. The fraction of sp³-hybridized carbons (Fsp3) is 0.667. The van der Waals surface area contributed by atoms with Crippen LogP contribution in [-0.4, -0.2) is 24.8 Å². The summed E-state index contributed by atoms with van der Waals surface area (Å²) in [5, 5.41) is 3.58. The minimum absolute atomic E-state index is 0.0898. The minimum atomic E-state index is 0.0898. The molecule has 1 aliphatic carbocycles. The molecule has 0 radical (unpaired) electrons. The lowest BCUT2D eigenvalue weighted by Gasteiger charge is -2.28. The van der Waals surface area contributed by atoms with E-state index in [4.69, 9.17) is 4.74 Å². The Kier molecular flexibility index (Phi) is 5.16. The van der Waals surface area contributed by atoms with Crippen molar-refractivity contribution in [1.29, 1.82) is 0 Å². The van der Waals surface area contributed by atoms with E-state index >= 15 is 0 Å². The molecule has 1 atom stereocenters. The minimum Gasteiger partial charge on any atom is -0.383 e. The van der Waals surface area contributed by atoms with Gasteiger partial charge in [0.15, 0.2) is 0 Å². The van der Waals surface area contributed by atoms with E-state index in [0.29, 0.717) is 19.2 Å². The molecule has 0 aliphatic heterocycles. The maximum Gasteiger partial charge on any atom is 0.250 e. The molecule has 106 valence electrons. The van der Waals surface area contributed by atoms with Crippen molar-refractivity contribution in [2.24, 2.45) is 0 Å². The van der Waals surface area contributed by atoms with Gasteiger partial charge in [0.25, 0.3) is 5.56 Å². The SMILES string of the molecule is CCCNC1CCCc2c1ccc(=O)n2CCOC. The van der Waals surface area contributed by atoms with Crippen molar-refractivity contribution in [3.63, 3.8) is 0 Å². The van der Waals surface area contributed by atoms with Crippen LogP contribution >= 0.6 is 0 Å². The van der Waals surface area contributed by atoms with Gasteiger partial charge < -0.3 is 14.6 Å². The van der Waals surface area contributed by atoms with E-state index in [1.54, 1.807) is 13.2 Å². The summed E-state index contributed by atoms with van der Waals surface area (Å²) < 4.78 is 7.00. The summed E-state index contributed by atoms with van der Waals surface area (Å²) in [6.07, 6.45) is 4.44. The molecule has 4 heteroatoms. The Morgan fingerprint density at radius 3 is 3.05 bits per heavy atom. The number of rotatable bonds is 6. The first kappa shape index (κ1) is 14.3. The molecule has 1 heterocycles. The van der Waals surface area contributed by atoms with Crippen molar-refractivity contribution < 1.29 is 4.74 Å². The zero-order valence-corrected chi connectivity index (χ0v) is 11.9. The summed E-state index contributed by atoms with van der Waals surface area (Å²) in [6.45, 7) is 4.44. The topological polar surface area (TPSA) is 43.3 Å². The Hall–Kier alpha value is -1.13. The Labute approximate surface area is 114 Å². The molecule has 2 rings (SSSR count). The molecule has 1 aliphatic rings. The molecule has 1 aromatic heterocycles. The number of nitrogens with one attached hydrogen (secondary N) is 1. The average Bonchev–Trinajstić information content (AvgIpc) is 2.44. The second-order valence-corrected chi connectivity index (χ2v) is 5.12. The maximum absolute atomic E-state index is 12.0. The summed E-state index contributed by atoms with van der Waals surface area (Å²) in [4.78, 5) is 12.0. The van der Waals surface area contributed by atoms with E-state index in [9.17, 15) is 4.79 Å². The predicted octanol–water partition coefficient (Wildman–Crippen LogP) is 1.87. The van der Waals surface area contributed by atoms with Gasteiger partial charge in [-0.05, 0) is 37.8 Å². The van der Waals surface area contributed by atoms with Crippen molar-refractivity contribution >= 4 is 0 Å². The fourth-order valence-corrected chi connectivity index (χ4v) is 2.82. The highest BCUT2D eigenvalue weighted by Gasteiger charge is 2.22. The second-order valence-electron chi connectivity index (χ2n) is 5.12. The number of aromatic nitrogens is 1. The first-order valence-electron chi connectivity index (χ1n) is 7.22.